The summed E-state index contributed by atoms with van der Waals surface area (Å²) in [6.45, 7) is 0. The normalized spacial score (nSPS) is 10.0. The van der Waals surface area contributed by atoms with E-state index in [1.807, 2.05) is 0 Å². The van der Waals surface area contributed by atoms with Crippen LogP contribution in [0.1, 0.15) is 5.56 Å². The molecule has 0 saturated carbocycles. The van der Waals surface area contributed by atoms with E-state index in [2.05, 4.69) is 27.3 Å². The minimum atomic E-state index is 0.388. The molecule has 0 heterocycles. The maximum Gasteiger partial charge on any atom is 0.101 e. The zero-order valence-corrected chi connectivity index (χ0v) is 12.6. The highest BCUT2D eigenvalue weighted by Crippen LogP contribution is 2.33. The Bertz CT molecular complexity index is 680. The van der Waals surface area contributed by atoms with Crippen molar-refractivity contribution < 1.29 is 0 Å². The van der Waals surface area contributed by atoms with Crippen molar-refractivity contribution in [1.29, 1.82) is 5.26 Å². The summed E-state index contributed by atoms with van der Waals surface area (Å²) in [6, 6.07) is 10.6. The smallest absolute Gasteiger partial charge is 0.101 e. The first kappa shape index (κ1) is 14.0. The van der Waals surface area contributed by atoms with Crippen LogP contribution in [0.4, 0.5) is 17.1 Å². The van der Waals surface area contributed by atoms with Crippen molar-refractivity contribution in [1.82, 2.24) is 0 Å². The number of rotatable bonds is 2. The predicted octanol–water partition coefficient (Wildman–Crippen LogP) is 4.95. The van der Waals surface area contributed by atoms with Crippen molar-refractivity contribution in [2.24, 2.45) is 0 Å². The Balaban J connectivity index is 2.45. The van der Waals surface area contributed by atoms with Crippen molar-refractivity contribution in [2.75, 3.05) is 11.1 Å². The van der Waals surface area contributed by atoms with E-state index in [1.54, 1.807) is 30.3 Å². The predicted molar refractivity (Wildman–Crippen MR) is 83.0 cm³/mol. The Morgan fingerprint density at radius 1 is 1.11 bits per heavy atom. The Labute approximate surface area is 129 Å². The second-order valence-electron chi connectivity index (χ2n) is 3.78. The van der Waals surface area contributed by atoms with E-state index in [0.29, 0.717) is 32.7 Å². The molecule has 19 heavy (non-hydrogen) atoms. The Morgan fingerprint density at radius 3 is 2.47 bits per heavy atom. The van der Waals surface area contributed by atoms with E-state index in [1.165, 1.54) is 0 Å². The molecule has 0 amide bonds. The third-order valence-electron chi connectivity index (χ3n) is 2.46. The van der Waals surface area contributed by atoms with Gasteiger partial charge in [0.05, 0.1) is 32.7 Å². The Morgan fingerprint density at radius 2 is 1.79 bits per heavy atom. The number of hydrogen-bond acceptors (Lipinski definition) is 3. The van der Waals surface area contributed by atoms with Gasteiger partial charge in [-0.15, -0.1) is 0 Å². The molecule has 96 valence electrons. The van der Waals surface area contributed by atoms with E-state index in [9.17, 15) is 0 Å². The summed E-state index contributed by atoms with van der Waals surface area (Å²) in [7, 11) is 0. The summed E-state index contributed by atoms with van der Waals surface area (Å²) in [5.41, 5.74) is 8.07. The fourth-order valence-corrected chi connectivity index (χ4v) is 2.23. The molecule has 0 aliphatic rings. The van der Waals surface area contributed by atoms with Crippen LogP contribution in [0.3, 0.4) is 0 Å². The third-order valence-corrected chi connectivity index (χ3v) is 3.68. The second kappa shape index (κ2) is 5.70. The van der Waals surface area contributed by atoms with Gasteiger partial charge < -0.3 is 11.1 Å². The van der Waals surface area contributed by atoms with Crippen molar-refractivity contribution in [3.8, 4) is 6.07 Å². The van der Waals surface area contributed by atoms with Crippen LogP contribution in [0.15, 0.2) is 34.8 Å². The standard InChI is InChI=1S/C13H8BrCl2N3/c14-8-2-1-7(6-17)12(3-8)19-13-5-10(16)9(15)4-11(13)18/h1-5,19H,18H2. The number of halogens is 3. The first-order chi connectivity index (χ1) is 9.01. The van der Waals surface area contributed by atoms with Crippen LogP contribution in [0.25, 0.3) is 0 Å². The van der Waals surface area contributed by atoms with Gasteiger partial charge in [-0.1, -0.05) is 39.1 Å². The molecular formula is C13H8BrCl2N3. The monoisotopic (exact) mass is 355 g/mol. The molecule has 3 nitrogen and oxygen atoms in total. The average molecular weight is 357 g/mol. The maximum atomic E-state index is 9.07. The number of nitrogens with zero attached hydrogens (tertiary/aromatic N) is 1. The lowest BCUT2D eigenvalue weighted by atomic mass is 10.2. The average Bonchev–Trinajstić information content (AvgIpc) is 2.36. The first-order valence-corrected chi connectivity index (χ1v) is 6.77. The SMILES string of the molecule is N#Cc1ccc(Br)cc1Nc1cc(Cl)c(Cl)cc1N. The van der Waals surface area contributed by atoms with Crippen molar-refractivity contribution >= 4 is 56.2 Å². The summed E-state index contributed by atoms with van der Waals surface area (Å²) < 4.78 is 0.854. The summed E-state index contributed by atoms with van der Waals surface area (Å²) in [5.74, 6) is 0. The molecule has 3 N–H and O–H groups in total. The van der Waals surface area contributed by atoms with Gasteiger partial charge >= 0.3 is 0 Å². The van der Waals surface area contributed by atoms with Gasteiger partial charge in [0, 0.05) is 4.47 Å². The molecule has 0 bridgehead atoms. The molecule has 0 aliphatic heterocycles. The van der Waals surface area contributed by atoms with Gasteiger partial charge in [0.25, 0.3) is 0 Å². The van der Waals surface area contributed by atoms with E-state index >= 15 is 0 Å². The zero-order valence-electron chi connectivity index (χ0n) is 9.55. The van der Waals surface area contributed by atoms with Crippen LogP contribution >= 0.6 is 39.1 Å². The largest absolute Gasteiger partial charge is 0.397 e. The molecule has 6 heteroatoms. The van der Waals surface area contributed by atoms with Gasteiger partial charge in [0.15, 0.2) is 0 Å². The van der Waals surface area contributed by atoms with Gasteiger partial charge in [-0.05, 0) is 30.3 Å². The summed E-state index contributed by atoms with van der Waals surface area (Å²) in [6.07, 6.45) is 0. The topological polar surface area (TPSA) is 61.8 Å². The second-order valence-corrected chi connectivity index (χ2v) is 5.51. The van der Waals surface area contributed by atoms with Crippen LogP contribution in [-0.4, -0.2) is 0 Å². The van der Waals surface area contributed by atoms with Crippen LogP contribution < -0.4 is 11.1 Å². The number of nitriles is 1. The van der Waals surface area contributed by atoms with Gasteiger partial charge in [-0.3, -0.25) is 0 Å². The first-order valence-electron chi connectivity index (χ1n) is 5.22. The highest BCUT2D eigenvalue weighted by molar-refractivity contribution is 9.10. The maximum absolute atomic E-state index is 9.07. The molecule has 0 aromatic heterocycles. The molecule has 2 rings (SSSR count). The minimum absolute atomic E-state index is 0.388. The summed E-state index contributed by atoms with van der Waals surface area (Å²) in [5, 5.41) is 12.9. The summed E-state index contributed by atoms with van der Waals surface area (Å²) in [4.78, 5) is 0. The lowest BCUT2D eigenvalue weighted by molar-refractivity contribution is 1.45. The minimum Gasteiger partial charge on any atom is -0.397 e. The number of anilines is 3. The molecule has 0 spiro atoms. The van der Waals surface area contributed by atoms with Gasteiger partial charge in [-0.2, -0.15) is 5.26 Å². The van der Waals surface area contributed by atoms with Crippen molar-refractivity contribution in [2.45, 2.75) is 0 Å². The van der Waals surface area contributed by atoms with E-state index in [0.717, 1.165) is 4.47 Å². The molecule has 0 saturated heterocycles. The van der Waals surface area contributed by atoms with Crippen molar-refractivity contribution in [3.63, 3.8) is 0 Å². The van der Waals surface area contributed by atoms with Gasteiger partial charge in [-0.25, -0.2) is 0 Å². The molecule has 2 aromatic rings. The molecular weight excluding hydrogens is 349 g/mol. The molecule has 0 aliphatic carbocycles. The Kier molecular flexibility index (Phi) is 4.20. The zero-order chi connectivity index (χ0) is 14.0. The lowest BCUT2D eigenvalue weighted by Gasteiger charge is -2.12. The highest BCUT2D eigenvalue weighted by atomic mass is 79.9. The fraction of sp³-hybridized carbons (Fsp3) is 0. The molecule has 0 radical (unpaired) electrons. The fourth-order valence-electron chi connectivity index (χ4n) is 1.53. The molecule has 0 fully saturated rings. The number of hydrogen-bond donors (Lipinski definition) is 2. The summed E-state index contributed by atoms with van der Waals surface area (Å²) >= 11 is 15.2. The Hall–Kier alpha value is -1.41. The van der Waals surface area contributed by atoms with E-state index in [4.69, 9.17) is 34.2 Å². The quantitative estimate of drug-likeness (QED) is 0.748. The van der Waals surface area contributed by atoms with Crippen LogP contribution in [0, 0.1) is 11.3 Å². The van der Waals surface area contributed by atoms with E-state index in [-0.39, 0.29) is 0 Å². The number of nitrogens with one attached hydrogen (secondary N) is 1. The van der Waals surface area contributed by atoms with Gasteiger partial charge in [0.2, 0.25) is 0 Å². The van der Waals surface area contributed by atoms with Crippen LogP contribution in [0.2, 0.25) is 10.0 Å². The van der Waals surface area contributed by atoms with Crippen molar-refractivity contribution in [3.05, 3.63) is 50.4 Å². The highest BCUT2D eigenvalue weighted by Gasteiger charge is 2.08. The number of nitrogen functional groups attached to an aromatic ring is 1. The van der Waals surface area contributed by atoms with Crippen LogP contribution in [-0.2, 0) is 0 Å². The molecule has 2 aromatic carbocycles. The van der Waals surface area contributed by atoms with E-state index < -0.39 is 0 Å². The number of benzene rings is 2. The molecule has 0 atom stereocenters. The molecule has 0 unspecified atom stereocenters. The third kappa shape index (κ3) is 3.13. The van der Waals surface area contributed by atoms with Crippen LogP contribution in [0.5, 0.6) is 0 Å². The number of nitrogens with two attached hydrogens (primary N) is 1. The van der Waals surface area contributed by atoms with Gasteiger partial charge in [0.1, 0.15) is 6.07 Å². The lowest BCUT2D eigenvalue weighted by Crippen LogP contribution is -1.98.